The molecule has 14 heavy (non-hydrogen) atoms. The van der Waals surface area contributed by atoms with E-state index in [4.69, 9.17) is 0 Å². The fourth-order valence-electron chi connectivity index (χ4n) is 1.06. The standard InChI is InChI=1S/C9H10O3S2/c1-6-3-4-7(14(2,11)12)5-8(6)9(10)13/h3-5H,1-2H3,(H,10,13). The first-order valence-corrected chi connectivity index (χ1v) is 6.20. The summed E-state index contributed by atoms with van der Waals surface area (Å²) in [5, 5.41) is -0.423. The molecule has 1 aromatic rings. The zero-order valence-corrected chi connectivity index (χ0v) is 9.52. The van der Waals surface area contributed by atoms with Crippen LogP contribution in [0.1, 0.15) is 15.9 Å². The molecule has 1 rings (SSSR count). The van der Waals surface area contributed by atoms with Gasteiger partial charge in [0.15, 0.2) is 9.84 Å². The minimum Gasteiger partial charge on any atom is -0.282 e. The Morgan fingerprint density at radius 1 is 1.36 bits per heavy atom. The summed E-state index contributed by atoms with van der Waals surface area (Å²) in [6.45, 7) is 1.73. The number of aryl methyl sites for hydroxylation is 1. The predicted molar refractivity (Wildman–Crippen MR) is 57.6 cm³/mol. The summed E-state index contributed by atoms with van der Waals surface area (Å²) in [6.07, 6.45) is 1.10. The molecule has 0 saturated heterocycles. The molecule has 1 aromatic carbocycles. The largest absolute Gasteiger partial charge is 0.282 e. The van der Waals surface area contributed by atoms with Crippen LogP contribution in [0.15, 0.2) is 23.1 Å². The molecule has 0 atom stereocenters. The van der Waals surface area contributed by atoms with E-state index in [1.54, 1.807) is 13.0 Å². The van der Waals surface area contributed by atoms with E-state index >= 15 is 0 Å². The smallest absolute Gasteiger partial charge is 0.216 e. The van der Waals surface area contributed by atoms with Crippen LogP contribution in [-0.2, 0) is 9.84 Å². The first-order chi connectivity index (χ1) is 6.32. The molecule has 3 nitrogen and oxygen atoms in total. The number of sulfone groups is 1. The van der Waals surface area contributed by atoms with Crippen molar-refractivity contribution in [3.8, 4) is 0 Å². The predicted octanol–water partition coefficient (Wildman–Crippen LogP) is 1.47. The lowest BCUT2D eigenvalue weighted by atomic mass is 10.1. The van der Waals surface area contributed by atoms with Crippen LogP contribution in [0.4, 0.5) is 0 Å². The van der Waals surface area contributed by atoms with Crippen LogP contribution in [0.5, 0.6) is 0 Å². The van der Waals surface area contributed by atoms with Crippen molar-refractivity contribution in [2.75, 3.05) is 6.26 Å². The Hall–Kier alpha value is -0.810. The Labute approximate surface area is 88.5 Å². The number of thiol groups is 1. The Balaban J connectivity index is 3.42. The van der Waals surface area contributed by atoms with Crippen LogP contribution in [0.2, 0.25) is 0 Å². The van der Waals surface area contributed by atoms with Gasteiger partial charge in [-0.05, 0) is 24.6 Å². The Bertz CT molecular complexity index is 475. The van der Waals surface area contributed by atoms with Gasteiger partial charge >= 0.3 is 0 Å². The number of benzene rings is 1. The van der Waals surface area contributed by atoms with E-state index in [-0.39, 0.29) is 4.90 Å². The molecule has 0 amide bonds. The normalized spacial score (nSPS) is 11.4. The first kappa shape index (κ1) is 11.3. The summed E-state index contributed by atoms with van der Waals surface area (Å²) < 4.78 is 22.4. The van der Waals surface area contributed by atoms with Crippen molar-refractivity contribution in [3.63, 3.8) is 0 Å². The second-order valence-corrected chi connectivity index (χ2v) is 5.48. The fourth-order valence-corrected chi connectivity index (χ4v) is 1.95. The van der Waals surface area contributed by atoms with Crippen LogP contribution in [-0.4, -0.2) is 19.8 Å². The van der Waals surface area contributed by atoms with Gasteiger partial charge in [-0.2, -0.15) is 0 Å². The Morgan fingerprint density at radius 3 is 2.36 bits per heavy atom. The van der Waals surface area contributed by atoms with Crippen molar-refractivity contribution in [2.45, 2.75) is 11.8 Å². The SMILES string of the molecule is Cc1ccc(S(C)(=O)=O)cc1C(=O)S. The Kier molecular flexibility index (Phi) is 3.01. The summed E-state index contributed by atoms with van der Waals surface area (Å²) in [5.41, 5.74) is 1.05. The van der Waals surface area contributed by atoms with Gasteiger partial charge in [0.2, 0.25) is 5.12 Å². The van der Waals surface area contributed by atoms with Gasteiger partial charge in [-0.3, -0.25) is 4.79 Å². The van der Waals surface area contributed by atoms with E-state index < -0.39 is 15.0 Å². The van der Waals surface area contributed by atoms with Crippen LogP contribution >= 0.6 is 12.6 Å². The molecule has 0 N–H and O–H groups in total. The molecule has 0 aliphatic carbocycles. The molecular formula is C9H10O3S2. The topological polar surface area (TPSA) is 51.2 Å². The molecular weight excluding hydrogens is 220 g/mol. The van der Waals surface area contributed by atoms with Crippen molar-refractivity contribution in [3.05, 3.63) is 29.3 Å². The van der Waals surface area contributed by atoms with Gasteiger partial charge in [-0.1, -0.05) is 6.07 Å². The average Bonchev–Trinajstić information content (AvgIpc) is 2.02. The zero-order chi connectivity index (χ0) is 10.9. The maximum absolute atomic E-state index is 11.2. The van der Waals surface area contributed by atoms with Gasteiger partial charge in [0.05, 0.1) is 4.90 Å². The lowest BCUT2D eigenvalue weighted by Gasteiger charge is -2.03. The molecule has 0 saturated carbocycles. The highest BCUT2D eigenvalue weighted by atomic mass is 32.2. The highest BCUT2D eigenvalue weighted by Crippen LogP contribution is 2.16. The van der Waals surface area contributed by atoms with Crippen molar-refractivity contribution >= 4 is 27.6 Å². The number of hydrogen-bond donors (Lipinski definition) is 1. The van der Waals surface area contributed by atoms with Crippen LogP contribution < -0.4 is 0 Å². The monoisotopic (exact) mass is 230 g/mol. The van der Waals surface area contributed by atoms with E-state index in [0.717, 1.165) is 11.8 Å². The number of carbonyl (C=O) groups excluding carboxylic acids is 1. The van der Waals surface area contributed by atoms with Gasteiger partial charge in [0, 0.05) is 11.8 Å². The van der Waals surface area contributed by atoms with Crippen LogP contribution in [0.3, 0.4) is 0 Å². The second kappa shape index (κ2) is 3.74. The molecule has 0 bridgehead atoms. The lowest BCUT2D eigenvalue weighted by molar-refractivity contribution is 0.109. The first-order valence-electron chi connectivity index (χ1n) is 3.86. The van der Waals surface area contributed by atoms with Crippen molar-refractivity contribution in [1.29, 1.82) is 0 Å². The van der Waals surface area contributed by atoms with Crippen LogP contribution in [0, 0.1) is 6.92 Å². The van der Waals surface area contributed by atoms with Crippen LogP contribution in [0.25, 0.3) is 0 Å². The third kappa shape index (κ3) is 2.36. The van der Waals surface area contributed by atoms with E-state index in [9.17, 15) is 13.2 Å². The third-order valence-electron chi connectivity index (χ3n) is 1.87. The molecule has 5 heteroatoms. The number of carbonyl (C=O) groups is 1. The van der Waals surface area contributed by atoms with Crippen molar-refractivity contribution in [2.24, 2.45) is 0 Å². The van der Waals surface area contributed by atoms with Gasteiger partial charge in [0.1, 0.15) is 0 Å². The van der Waals surface area contributed by atoms with Crippen molar-refractivity contribution in [1.82, 2.24) is 0 Å². The molecule has 76 valence electrons. The number of rotatable bonds is 2. The van der Waals surface area contributed by atoms with E-state index in [1.165, 1.54) is 12.1 Å². The summed E-state index contributed by atoms with van der Waals surface area (Å²) in [6, 6.07) is 4.42. The Morgan fingerprint density at radius 2 is 1.93 bits per heavy atom. The summed E-state index contributed by atoms with van der Waals surface area (Å²) in [7, 11) is -3.26. The molecule has 0 fully saturated rings. The second-order valence-electron chi connectivity index (χ2n) is 3.05. The average molecular weight is 230 g/mol. The molecule has 0 heterocycles. The molecule has 0 aliphatic rings. The molecule has 0 aliphatic heterocycles. The highest BCUT2D eigenvalue weighted by Gasteiger charge is 2.11. The number of hydrogen-bond acceptors (Lipinski definition) is 3. The summed E-state index contributed by atoms with van der Waals surface area (Å²) >= 11 is 3.67. The zero-order valence-electron chi connectivity index (χ0n) is 7.81. The molecule has 0 unspecified atom stereocenters. The van der Waals surface area contributed by atoms with Gasteiger partial charge < -0.3 is 0 Å². The van der Waals surface area contributed by atoms with Gasteiger partial charge in [-0.15, -0.1) is 12.6 Å². The quantitative estimate of drug-likeness (QED) is 0.783. The fraction of sp³-hybridized carbons (Fsp3) is 0.222. The molecule has 0 radical (unpaired) electrons. The highest BCUT2D eigenvalue weighted by molar-refractivity contribution is 7.97. The third-order valence-corrected chi connectivity index (χ3v) is 3.22. The summed E-state index contributed by atoms with van der Waals surface area (Å²) in [4.78, 5) is 11.2. The minimum absolute atomic E-state index is 0.139. The summed E-state index contributed by atoms with van der Waals surface area (Å²) in [5.74, 6) is 0. The van der Waals surface area contributed by atoms with Gasteiger partial charge in [0.25, 0.3) is 0 Å². The van der Waals surface area contributed by atoms with E-state index in [0.29, 0.717) is 5.56 Å². The van der Waals surface area contributed by atoms with E-state index in [2.05, 4.69) is 12.6 Å². The van der Waals surface area contributed by atoms with Crippen molar-refractivity contribution < 1.29 is 13.2 Å². The van der Waals surface area contributed by atoms with E-state index in [1.807, 2.05) is 0 Å². The lowest BCUT2D eigenvalue weighted by Crippen LogP contribution is -2.01. The molecule has 0 spiro atoms. The minimum atomic E-state index is -3.26. The molecule has 0 aromatic heterocycles. The van der Waals surface area contributed by atoms with Gasteiger partial charge in [-0.25, -0.2) is 8.42 Å². The maximum Gasteiger partial charge on any atom is 0.216 e. The maximum atomic E-state index is 11.2.